The number of aromatic nitrogens is 1. The summed E-state index contributed by atoms with van der Waals surface area (Å²) < 4.78 is 0. The van der Waals surface area contributed by atoms with Gasteiger partial charge in [0, 0.05) is 35.8 Å². The van der Waals surface area contributed by atoms with E-state index in [9.17, 15) is 4.79 Å². The predicted octanol–water partition coefficient (Wildman–Crippen LogP) is 2.83. The van der Waals surface area contributed by atoms with E-state index in [1.54, 1.807) is 11.3 Å². The van der Waals surface area contributed by atoms with Crippen molar-refractivity contribution in [2.24, 2.45) is 0 Å². The van der Waals surface area contributed by atoms with Gasteiger partial charge in [0.2, 0.25) is 0 Å². The van der Waals surface area contributed by atoms with E-state index in [-0.39, 0.29) is 6.54 Å². The van der Waals surface area contributed by atoms with Gasteiger partial charge in [-0.05, 0) is 11.6 Å². The topological polar surface area (TPSA) is 53.4 Å². The van der Waals surface area contributed by atoms with Crippen LogP contribution >= 0.6 is 22.9 Å². The van der Waals surface area contributed by atoms with Gasteiger partial charge in [-0.15, -0.1) is 11.3 Å². The molecule has 4 nitrogen and oxygen atoms in total. The summed E-state index contributed by atoms with van der Waals surface area (Å²) in [4.78, 5) is 18.6. The third-order valence-electron chi connectivity index (χ3n) is 3.51. The summed E-state index contributed by atoms with van der Waals surface area (Å²) in [7, 11) is 0. The molecule has 1 aliphatic heterocycles. The van der Waals surface area contributed by atoms with Gasteiger partial charge in [0.25, 0.3) is 0 Å². The van der Waals surface area contributed by atoms with Crippen LogP contribution in [0.3, 0.4) is 0 Å². The van der Waals surface area contributed by atoms with Crippen LogP contribution in [0.15, 0.2) is 24.3 Å². The molecule has 3 rings (SSSR count). The smallest absolute Gasteiger partial charge is 0.317 e. The van der Waals surface area contributed by atoms with Crippen LogP contribution in [-0.4, -0.2) is 34.0 Å². The minimum Gasteiger partial charge on any atom is -0.480 e. The van der Waals surface area contributed by atoms with Crippen LogP contribution < -0.4 is 0 Å². The molecule has 0 fully saturated rings. The lowest BCUT2D eigenvalue weighted by atomic mass is 10.1. The fraction of sp³-hybridized carbons (Fsp3) is 0.333. The molecule has 2 aromatic rings. The summed E-state index contributed by atoms with van der Waals surface area (Å²) in [5, 5.41) is 10.7. The van der Waals surface area contributed by atoms with E-state index < -0.39 is 5.97 Å². The first-order valence-electron chi connectivity index (χ1n) is 6.77. The van der Waals surface area contributed by atoms with Gasteiger partial charge in [-0.3, -0.25) is 9.69 Å². The molecule has 0 atom stereocenters. The van der Waals surface area contributed by atoms with E-state index >= 15 is 0 Å². The van der Waals surface area contributed by atoms with Crippen molar-refractivity contribution in [3.8, 4) is 0 Å². The third-order valence-corrected chi connectivity index (χ3v) is 4.96. The molecule has 110 valence electrons. The number of hydrogen-bond acceptors (Lipinski definition) is 4. The van der Waals surface area contributed by atoms with Crippen molar-refractivity contribution in [3.63, 3.8) is 0 Å². The molecule has 1 aromatic carbocycles. The molecule has 1 N–H and O–H groups in total. The van der Waals surface area contributed by atoms with E-state index in [0.29, 0.717) is 6.54 Å². The van der Waals surface area contributed by atoms with Crippen LogP contribution in [-0.2, 0) is 24.2 Å². The number of fused-ring (bicyclic) bond motifs is 1. The summed E-state index contributed by atoms with van der Waals surface area (Å²) in [6.45, 7) is 1.54. The Labute approximate surface area is 132 Å². The fourth-order valence-corrected chi connectivity index (χ4v) is 3.89. The molecule has 0 bridgehead atoms. The van der Waals surface area contributed by atoms with Crippen LogP contribution in [0.5, 0.6) is 0 Å². The Kier molecular flexibility index (Phi) is 4.24. The normalized spacial score (nSPS) is 14.9. The molecular weight excluding hydrogens is 308 g/mol. The lowest BCUT2D eigenvalue weighted by molar-refractivity contribution is -0.138. The van der Waals surface area contributed by atoms with Crippen molar-refractivity contribution in [3.05, 3.63) is 50.4 Å². The van der Waals surface area contributed by atoms with Gasteiger partial charge in [0.15, 0.2) is 0 Å². The van der Waals surface area contributed by atoms with Crippen molar-refractivity contribution in [1.29, 1.82) is 0 Å². The number of carbonyl (C=O) groups is 1. The summed E-state index contributed by atoms with van der Waals surface area (Å²) in [5.74, 6) is -0.778. The molecule has 0 unspecified atom stereocenters. The quantitative estimate of drug-likeness (QED) is 0.940. The maximum atomic E-state index is 10.8. The molecule has 2 heterocycles. The second kappa shape index (κ2) is 6.13. The zero-order chi connectivity index (χ0) is 14.8. The van der Waals surface area contributed by atoms with Crippen molar-refractivity contribution in [2.75, 3.05) is 13.1 Å². The SMILES string of the molecule is O=C(O)CN1CCc2nc(Cc3ccccc3Cl)sc2C1. The molecule has 0 saturated heterocycles. The molecule has 0 aliphatic carbocycles. The number of thiazole rings is 1. The number of carboxylic acids is 1. The molecule has 1 aromatic heterocycles. The Morgan fingerprint density at radius 1 is 1.43 bits per heavy atom. The molecule has 0 spiro atoms. The number of nitrogens with zero attached hydrogens (tertiary/aromatic N) is 2. The van der Waals surface area contributed by atoms with Crippen LogP contribution in [0.25, 0.3) is 0 Å². The number of aliphatic carboxylic acids is 1. The first kappa shape index (κ1) is 14.5. The van der Waals surface area contributed by atoms with Crippen LogP contribution in [0.2, 0.25) is 5.02 Å². The molecule has 0 saturated carbocycles. The van der Waals surface area contributed by atoms with E-state index in [2.05, 4.69) is 4.98 Å². The minimum absolute atomic E-state index is 0.0944. The van der Waals surface area contributed by atoms with Gasteiger partial charge >= 0.3 is 5.97 Å². The Balaban J connectivity index is 1.75. The summed E-state index contributed by atoms with van der Waals surface area (Å²) in [6.07, 6.45) is 1.55. The van der Waals surface area contributed by atoms with E-state index in [4.69, 9.17) is 16.7 Å². The van der Waals surface area contributed by atoms with Gasteiger partial charge in [-0.2, -0.15) is 0 Å². The highest BCUT2D eigenvalue weighted by atomic mass is 35.5. The lowest BCUT2D eigenvalue weighted by Gasteiger charge is -2.23. The standard InChI is InChI=1S/C15H15ClN2O2S/c16-11-4-2-1-3-10(11)7-14-17-12-5-6-18(9-15(19)20)8-13(12)21-14/h1-4H,5-9H2,(H,19,20). The molecule has 1 aliphatic rings. The van der Waals surface area contributed by atoms with Gasteiger partial charge in [0.05, 0.1) is 17.2 Å². The number of rotatable bonds is 4. The lowest BCUT2D eigenvalue weighted by Crippen LogP contribution is -2.34. The Morgan fingerprint density at radius 2 is 2.24 bits per heavy atom. The van der Waals surface area contributed by atoms with Gasteiger partial charge in [-0.1, -0.05) is 29.8 Å². The predicted molar refractivity (Wildman–Crippen MR) is 83.0 cm³/mol. The first-order chi connectivity index (χ1) is 10.1. The Bertz CT molecular complexity index is 671. The van der Waals surface area contributed by atoms with Crippen LogP contribution in [0.4, 0.5) is 0 Å². The highest BCUT2D eigenvalue weighted by molar-refractivity contribution is 7.11. The maximum absolute atomic E-state index is 10.8. The first-order valence-corrected chi connectivity index (χ1v) is 7.96. The zero-order valence-corrected chi connectivity index (χ0v) is 13.0. The van der Waals surface area contributed by atoms with Crippen molar-refractivity contribution in [1.82, 2.24) is 9.88 Å². The molecule has 0 amide bonds. The minimum atomic E-state index is -0.778. The van der Waals surface area contributed by atoms with E-state index in [1.165, 1.54) is 4.88 Å². The largest absolute Gasteiger partial charge is 0.480 e. The van der Waals surface area contributed by atoms with Gasteiger partial charge in [-0.25, -0.2) is 4.98 Å². The van der Waals surface area contributed by atoms with Crippen molar-refractivity contribution >= 4 is 28.9 Å². The third kappa shape index (κ3) is 3.43. The second-order valence-electron chi connectivity index (χ2n) is 5.10. The van der Waals surface area contributed by atoms with E-state index in [0.717, 1.165) is 40.7 Å². The van der Waals surface area contributed by atoms with Gasteiger partial charge in [0.1, 0.15) is 0 Å². The number of hydrogen-bond donors (Lipinski definition) is 1. The second-order valence-corrected chi connectivity index (χ2v) is 6.68. The highest BCUT2D eigenvalue weighted by Gasteiger charge is 2.22. The van der Waals surface area contributed by atoms with Crippen LogP contribution in [0.1, 0.15) is 21.1 Å². The number of halogens is 1. The Morgan fingerprint density at radius 3 is 3.00 bits per heavy atom. The number of carboxylic acid groups (broad SMARTS) is 1. The highest BCUT2D eigenvalue weighted by Crippen LogP contribution is 2.28. The molecule has 6 heteroatoms. The summed E-state index contributed by atoms with van der Waals surface area (Å²) >= 11 is 7.85. The summed E-state index contributed by atoms with van der Waals surface area (Å²) in [6, 6.07) is 7.80. The average molecular weight is 323 g/mol. The maximum Gasteiger partial charge on any atom is 0.317 e. The average Bonchev–Trinajstić information content (AvgIpc) is 2.82. The Hall–Kier alpha value is -1.43. The van der Waals surface area contributed by atoms with E-state index in [1.807, 2.05) is 29.2 Å². The van der Waals surface area contributed by atoms with Crippen molar-refractivity contribution in [2.45, 2.75) is 19.4 Å². The monoisotopic (exact) mass is 322 g/mol. The summed E-state index contributed by atoms with van der Waals surface area (Å²) in [5.41, 5.74) is 2.19. The van der Waals surface area contributed by atoms with Gasteiger partial charge < -0.3 is 5.11 Å². The van der Waals surface area contributed by atoms with Crippen LogP contribution in [0, 0.1) is 0 Å². The molecular formula is C15H15ClN2O2S. The molecule has 0 radical (unpaired) electrons. The molecule has 21 heavy (non-hydrogen) atoms. The zero-order valence-electron chi connectivity index (χ0n) is 11.4. The number of benzene rings is 1. The van der Waals surface area contributed by atoms with Crippen molar-refractivity contribution < 1.29 is 9.90 Å². The fourth-order valence-electron chi connectivity index (χ4n) is 2.51.